The van der Waals surface area contributed by atoms with Crippen LogP contribution >= 0.6 is 0 Å². The molecule has 0 bridgehead atoms. The van der Waals surface area contributed by atoms with Gasteiger partial charge < -0.3 is 11.1 Å². The number of piperidine rings is 1. The predicted octanol–water partition coefficient (Wildman–Crippen LogP) is 0.365. The van der Waals surface area contributed by atoms with Crippen molar-refractivity contribution in [2.24, 2.45) is 11.7 Å². The second-order valence-electron chi connectivity index (χ2n) is 4.54. The molecule has 0 radical (unpaired) electrons. The zero-order chi connectivity index (χ0) is 9.26. The smallest absolute Gasteiger partial charge is 0.0623 e. The summed E-state index contributed by atoms with van der Waals surface area (Å²) in [6.07, 6.45) is 4.30. The Bertz CT molecular complexity index is 164. The van der Waals surface area contributed by atoms with Crippen LogP contribution < -0.4 is 11.1 Å². The number of hydrogen-bond donors (Lipinski definition) is 2. The van der Waals surface area contributed by atoms with E-state index in [1.165, 1.54) is 38.9 Å². The second-order valence-corrected chi connectivity index (χ2v) is 4.54. The fraction of sp³-hybridized carbons (Fsp3) is 1.00. The summed E-state index contributed by atoms with van der Waals surface area (Å²) in [6.45, 7) is 5.90. The van der Waals surface area contributed by atoms with E-state index in [0.717, 1.165) is 5.92 Å². The molecule has 2 heterocycles. The summed E-state index contributed by atoms with van der Waals surface area (Å²) in [5.74, 6) is 0.814. The van der Waals surface area contributed by atoms with Crippen LogP contribution in [-0.4, -0.2) is 36.7 Å². The SMILES string of the molecule is CC1CCN[C@H]1N1CCC(N)CC1. The lowest BCUT2D eigenvalue weighted by molar-refractivity contribution is 0.116. The van der Waals surface area contributed by atoms with E-state index in [-0.39, 0.29) is 0 Å². The van der Waals surface area contributed by atoms with E-state index < -0.39 is 0 Å². The van der Waals surface area contributed by atoms with Crippen LogP contribution in [-0.2, 0) is 0 Å². The maximum absolute atomic E-state index is 5.88. The maximum atomic E-state index is 5.88. The molecule has 0 aromatic rings. The van der Waals surface area contributed by atoms with Crippen molar-refractivity contribution in [2.75, 3.05) is 19.6 Å². The van der Waals surface area contributed by atoms with E-state index in [4.69, 9.17) is 5.73 Å². The minimum Gasteiger partial charge on any atom is -0.328 e. The van der Waals surface area contributed by atoms with E-state index in [1.54, 1.807) is 0 Å². The Morgan fingerprint density at radius 2 is 1.92 bits per heavy atom. The molecule has 2 fully saturated rings. The van der Waals surface area contributed by atoms with Gasteiger partial charge in [0.05, 0.1) is 6.17 Å². The minimum atomic E-state index is 0.452. The van der Waals surface area contributed by atoms with Gasteiger partial charge in [0, 0.05) is 19.1 Å². The fourth-order valence-corrected chi connectivity index (χ4v) is 2.50. The molecule has 76 valence electrons. The first-order chi connectivity index (χ1) is 6.27. The van der Waals surface area contributed by atoms with Crippen molar-refractivity contribution in [3.05, 3.63) is 0 Å². The Morgan fingerprint density at radius 3 is 2.46 bits per heavy atom. The highest BCUT2D eigenvalue weighted by molar-refractivity contribution is 4.85. The van der Waals surface area contributed by atoms with Gasteiger partial charge in [0.15, 0.2) is 0 Å². The van der Waals surface area contributed by atoms with Crippen LogP contribution in [0.15, 0.2) is 0 Å². The fourth-order valence-electron chi connectivity index (χ4n) is 2.50. The van der Waals surface area contributed by atoms with Crippen LogP contribution in [0.3, 0.4) is 0 Å². The van der Waals surface area contributed by atoms with Gasteiger partial charge in [0.1, 0.15) is 0 Å². The molecule has 0 aromatic carbocycles. The lowest BCUT2D eigenvalue weighted by Crippen LogP contribution is -2.50. The van der Waals surface area contributed by atoms with Crippen molar-refractivity contribution in [3.8, 4) is 0 Å². The molecule has 1 unspecified atom stereocenters. The Labute approximate surface area is 80.7 Å². The van der Waals surface area contributed by atoms with Gasteiger partial charge in [-0.25, -0.2) is 0 Å². The summed E-state index contributed by atoms with van der Waals surface area (Å²) in [7, 11) is 0. The average molecular weight is 183 g/mol. The number of hydrogen-bond acceptors (Lipinski definition) is 3. The van der Waals surface area contributed by atoms with Gasteiger partial charge in [-0.05, 0) is 31.7 Å². The molecule has 2 rings (SSSR count). The number of rotatable bonds is 1. The summed E-state index contributed by atoms with van der Waals surface area (Å²) >= 11 is 0. The largest absolute Gasteiger partial charge is 0.328 e. The van der Waals surface area contributed by atoms with Gasteiger partial charge >= 0.3 is 0 Å². The number of nitrogens with two attached hydrogens (primary N) is 1. The first kappa shape index (κ1) is 9.44. The van der Waals surface area contributed by atoms with E-state index in [0.29, 0.717) is 12.2 Å². The quantitative estimate of drug-likeness (QED) is 0.617. The number of nitrogens with zero attached hydrogens (tertiary/aromatic N) is 1. The molecule has 0 amide bonds. The highest BCUT2D eigenvalue weighted by Crippen LogP contribution is 2.21. The van der Waals surface area contributed by atoms with Gasteiger partial charge in [-0.15, -0.1) is 0 Å². The van der Waals surface area contributed by atoms with Crippen LogP contribution in [0.5, 0.6) is 0 Å². The van der Waals surface area contributed by atoms with Gasteiger partial charge in [0.25, 0.3) is 0 Å². The van der Waals surface area contributed by atoms with E-state index in [1.807, 2.05) is 0 Å². The molecule has 0 spiro atoms. The van der Waals surface area contributed by atoms with Crippen molar-refractivity contribution in [1.82, 2.24) is 10.2 Å². The maximum Gasteiger partial charge on any atom is 0.0623 e. The highest BCUT2D eigenvalue weighted by atomic mass is 15.3. The zero-order valence-electron chi connectivity index (χ0n) is 8.50. The molecule has 2 aliphatic heterocycles. The number of likely N-dealkylation sites (tertiary alicyclic amines) is 1. The van der Waals surface area contributed by atoms with Gasteiger partial charge in [-0.1, -0.05) is 6.92 Å². The Morgan fingerprint density at radius 1 is 1.23 bits per heavy atom. The van der Waals surface area contributed by atoms with Crippen LogP contribution in [0.25, 0.3) is 0 Å². The molecule has 0 aromatic heterocycles. The van der Waals surface area contributed by atoms with Crippen molar-refractivity contribution >= 4 is 0 Å². The van der Waals surface area contributed by atoms with E-state index >= 15 is 0 Å². The summed E-state index contributed by atoms with van der Waals surface area (Å²) in [6, 6.07) is 0.452. The summed E-state index contributed by atoms with van der Waals surface area (Å²) in [5, 5.41) is 3.58. The molecule has 2 saturated heterocycles. The molecule has 0 aliphatic carbocycles. The van der Waals surface area contributed by atoms with Crippen LogP contribution in [0.1, 0.15) is 26.2 Å². The molecular weight excluding hydrogens is 162 g/mol. The van der Waals surface area contributed by atoms with Crippen LogP contribution in [0.2, 0.25) is 0 Å². The second kappa shape index (κ2) is 3.95. The molecule has 3 heteroatoms. The Balaban J connectivity index is 1.86. The van der Waals surface area contributed by atoms with Gasteiger partial charge in [-0.3, -0.25) is 4.90 Å². The summed E-state index contributed by atoms with van der Waals surface area (Å²) < 4.78 is 0. The third kappa shape index (κ3) is 2.03. The van der Waals surface area contributed by atoms with Crippen LogP contribution in [0, 0.1) is 5.92 Å². The highest BCUT2D eigenvalue weighted by Gasteiger charge is 2.30. The predicted molar refractivity (Wildman–Crippen MR) is 54.4 cm³/mol. The zero-order valence-corrected chi connectivity index (χ0v) is 8.50. The number of nitrogens with one attached hydrogen (secondary N) is 1. The topological polar surface area (TPSA) is 41.3 Å². The lowest BCUT2D eigenvalue weighted by Gasteiger charge is -2.36. The average Bonchev–Trinajstić information content (AvgIpc) is 2.53. The molecule has 13 heavy (non-hydrogen) atoms. The third-order valence-corrected chi connectivity index (χ3v) is 3.46. The molecule has 3 nitrogen and oxygen atoms in total. The van der Waals surface area contributed by atoms with Crippen LogP contribution in [0.4, 0.5) is 0 Å². The normalized spacial score (nSPS) is 38.3. The monoisotopic (exact) mass is 183 g/mol. The first-order valence-electron chi connectivity index (χ1n) is 5.50. The standard InChI is InChI=1S/C10H21N3/c1-8-2-5-12-10(8)13-6-3-9(11)4-7-13/h8-10,12H,2-7,11H2,1H3/t8?,10-/m0/s1. The van der Waals surface area contributed by atoms with Crippen molar-refractivity contribution in [2.45, 2.75) is 38.4 Å². The van der Waals surface area contributed by atoms with Gasteiger partial charge in [0.2, 0.25) is 0 Å². The third-order valence-electron chi connectivity index (χ3n) is 3.46. The van der Waals surface area contributed by atoms with Gasteiger partial charge in [-0.2, -0.15) is 0 Å². The summed E-state index contributed by atoms with van der Waals surface area (Å²) in [5.41, 5.74) is 5.88. The Hall–Kier alpha value is -0.120. The molecular formula is C10H21N3. The van der Waals surface area contributed by atoms with E-state index in [2.05, 4.69) is 17.1 Å². The minimum absolute atomic E-state index is 0.452. The molecule has 3 N–H and O–H groups in total. The molecule has 2 atom stereocenters. The molecule has 2 aliphatic rings. The van der Waals surface area contributed by atoms with Crippen molar-refractivity contribution in [1.29, 1.82) is 0 Å². The summed E-state index contributed by atoms with van der Waals surface area (Å²) in [4.78, 5) is 2.57. The van der Waals surface area contributed by atoms with Crippen molar-refractivity contribution in [3.63, 3.8) is 0 Å². The molecule has 0 saturated carbocycles. The lowest BCUT2D eigenvalue weighted by atomic mass is 10.0. The van der Waals surface area contributed by atoms with Crippen molar-refractivity contribution < 1.29 is 0 Å². The van der Waals surface area contributed by atoms with E-state index in [9.17, 15) is 0 Å². The first-order valence-corrected chi connectivity index (χ1v) is 5.50. The Kier molecular flexibility index (Phi) is 2.86.